The zero-order chi connectivity index (χ0) is 16.8. The highest BCUT2D eigenvalue weighted by atomic mass is 16.6. The molecule has 0 aromatic carbocycles. The lowest BCUT2D eigenvalue weighted by Gasteiger charge is -2.40. The van der Waals surface area contributed by atoms with E-state index < -0.39 is 0 Å². The van der Waals surface area contributed by atoms with E-state index in [2.05, 4.69) is 4.90 Å². The maximum Gasteiger partial charge on any atom is 0.409 e. The lowest BCUT2D eigenvalue weighted by Crippen LogP contribution is -2.56. The number of nitrogens with zero attached hydrogens (tertiary/aromatic N) is 3. The van der Waals surface area contributed by atoms with Crippen molar-refractivity contribution in [2.45, 2.75) is 58.0 Å². The number of ether oxygens (including phenoxy) is 1. The van der Waals surface area contributed by atoms with Crippen molar-refractivity contribution >= 4 is 12.0 Å². The normalized spacial score (nSPS) is 21.8. The smallest absolute Gasteiger partial charge is 0.409 e. The molecule has 0 aromatic rings. The van der Waals surface area contributed by atoms with Crippen molar-refractivity contribution in [1.29, 1.82) is 0 Å². The van der Waals surface area contributed by atoms with Gasteiger partial charge in [-0.2, -0.15) is 0 Å². The molecule has 0 bridgehead atoms. The molecule has 132 valence electrons. The number of carbonyl (C=O) groups excluding carboxylic acids is 2. The summed E-state index contributed by atoms with van der Waals surface area (Å²) in [5, 5.41) is 0. The molecule has 1 aliphatic heterocycles. The van der Waals surface area contributed by atoms with Crippen LogP contribution in [0.4, 0.5) is 4.79 Å². The minimum atomic E-state index is -0.245. The van der Waals surface area contributed by atoms with E-state index in [1.807, 2.05) is 25.8 Å². The van der Waals surface area contributed by atoms with Crippen LogP contribution >= 0.6 is 0 Å². The summed E-state index contributed by atoms with van der Waals surface area (Å²) < 4.78 is 5.04. The SMILES string of the molecule is CCOC(=O)N1CCN(C(C)C(=O)N(C)C2CCCCC2)CC1. The van der Waals surface area contributed by atoms with Crippen molar-refractivity contribution in [2.75, 3.05) is 39.8 Å². The van der Waals surface area contributed by atoms with Crippen molar-refractivity contribution in [3.63, 3.8) is 0 Å². The predicted octanol–water partition coefficient (Wildman–Crippen LogP) is 1.94. The van der Waals surface area contributed by atoms with Crippen molar-refractivity contribution < 1.29 is 14.3 Å². The molecule has 1 saturated carbocycles. The molecule has 1 saturated heterocycles. The van der Waals surface area contributed by atoms with Crippen LogP contribution in [0.1, 0.15) is 46.0 Å². The van der Waals surface area contributed by atoms with Crippen LogP contribution in [0.2, 0.25) is 0 Å². The molecule has 0 radical (unpaired) electrons. The lowest BCUT2D eigenvalue weighted by molar-refractivity contribution is -0.138. The van der Waals surface area contributed by atoms with Crippen molar-refractivity contribution in [3.8, 4) is 0 Å². The molecule has 2 amide bonds. The second-order valence-corrected chi connectivity index (χ2v) is 6.64. The Labute approximate surface area is 139 Å². The minimum absolute atomic E-state index is 0.119. The summed E-state index contributed by atoms with van der Waals surface area (Å²) in [6, 6.07) is 0.283. The van der Waals surface area contributed by atoms with Gasteiger partial charge >= 0.3 is 6.09 Å². The van der Waals surface area contributed by atoms with Gasteiger partial charge in [-0.15, -0.1) is 0 Å². The summed E-state index contributed by atoms with van der Waals surface area (Å²) in [4.78, 5) is 30.3. The number of likely N-dealkylation sites (N-methyl/N-ethyl adjacent to an activating group) is 1. The maximum atomic E-state index is 12.7. The number of rotatable bonds is 4. The highest BCUT2D eigenvalue weighted by Gasteiger charge is 2.31. The molecule has 0 N–H and O–H groups in total. The molecule has 2 rings (SSSR count). The number of amides is 2. The van der Waals surface area contributed by atoms with Gasteiger partial charge < -0.3 is 14.5 Å². The maximum absolute atomic E-state index is 12.7. The fourth-order valence-corrected chi connectivity index (χ4v) is 3.61. The van der Waals surface area contributed by atoms with E-state index in [4.69, 9.17) is 4.74 Å². The Bertz CT molecular complexity index is 402. The summed E-state index contributed by atoms with van der Waals surface area (Å²) in [7, 11) is 1.95. The molecule has 1 atom stereocenters. The average Bonchev–Trinajstić information content (AvgIpc) is 2.61. The van der Waals surface area contributed by atoms with Crippen LogP contribution in [0.25, 0.3) is 0 Å². The number of carbonyl (C=O) groups is 2. The second-order valence-electron chi connectivity index (χ2n) is 6.64. The zero-order valence-electron chi connectivity index (χ0n) is 14.8. The van der Waals surface area contributed by atoms with Crippen LogP contribution in [-0.4, -0.2) is 78.6 Å². The summed E-state index contributed by atoms with van der Waals surface area (Å²) in [5.41, 5.74) is 0. The van der Waals surface area contributed by atoms with E-state index in [-0.39, 0.29) is 18.0 Å². The van der Waals surface area contributed by atoms with Gasteiger partial charge in [-0.25, -0.2) is 4.79 Å². The Kier molecular flexibility index (Phi) is 6.69. The van der Waals surface area contributed by atoms with Crippen molar-refractivity contribution in [3.05, 3.63) is 0 Å². The summed E-state index contributed by atoms with van der Waals surface area (Å²) in [5.74, 6) is 0.210. The first-order valence-corrected chi connectivity index (χ1v) is 8.97. The van der Waals surface area contributed by atoms with Gasteiger partial charge in [-0.05, 0) is 26.7 Å². The standard InChI is InChI=1S/C17H31N3O3/c1-4-23-17(22)20-12-10-19(11-13-20)14(2)16(21)18(3)15-8-6-5-7-9-15/h14-15H,4-13H2,1-3H3. The Morgan fingerprint density at radius 1 is 1.13 bits per heavy atom. The third kappa shape index (κ3) is 4.59. The molecule has 0 aromatic heterocycles. The second kappa shape index (κ2) is 8.52. The van der Waals surface area contributed by atoms with E-state index in [1.165, 1.54) is 19.3 Å². The summed E-state index contributed by atoms with van der Waals surface area (Å²) in [6.45, 7) is 6.92. The molecule has 6 heteroatoms. The Hall–Kier alpha value is -1.30. The molecule has 2 aliphatic rings. The largest absolute Gasteiger partial charge is 0.450 e. The van der Waals surface area contributed by atoms with Gasteiger partial charge in [-0.3, -0.25) is 9.69 Å². The van der Waals surface area contributed by atoms with E-state index in [1.54, 1.807) is 4.90 Å². The third-order valence-electron chi connectivity index (χ3n) is 5.22. The number of hydrogen-bond acceptors (Lipinski definition) is 4. The first-order chi connectivity index (χ1) is 11.0. The van der Waals surface area contributed by atoms with Gasteiger partial charge in [0.2, 0.25) is 5.91 Å². The van der Waals surface area contributed by atoms with E-state index >= 15 is 0 Å². The fraction of sp³-hybridized carbons (Fsp3) is 0.882. The van der Waals surface area contributed by atoms with Crippen LogP contribution in [0, 0.1) is 0 Å². The fourth-order valence-electron chi connectivity index (χ4n) is 3.61. The summed E-state index contributed by atoms with van der Waals surface area (Å²) >= 11 is 0. The van der Waals surface area contributed by atoms with Crippen LogP contribution in [-0.2, 0) is 9.53 Å². The molecule has 1 aliphatic carbocycles. The van der Waals surface area contributed by atoms with E-state index in [0.29, 0.717) is 25.7 Å². The van der Waals surface area contributed by atoms with Gasteiger partial charge in [-0.1, -0.05) is 19.3 Å². The first-order valence-electron chi connectivity index (χ1n) is 8.97. The highest BCUT2D eigenvalue weighted by Crippen LogP contribution is 2.22. The molecule has 2 fully saturated rings. The molecular formula is C17H31N3O3. The summed E-state index contributed by atoms with van der Waals surface area (Å²) in [6.07, 6.45) is 5.77. The van der Waals surface area contributed by atoms with Crippen molar-refractivity contribution in [2.24, 2.45) is 0 Å². The topological polar surface area (TPSA) is 53.1 Å². The monoisotopic (exact) mass is 325 g/mol. The van der Waals surface area contributed by atoms with Crippen LogP contribution in [0.15, 0.2) is 0 Å². The number of piperazine rings is 1. The number of hydrogen-bond donors (Lipinski definition) is 0. The highest BCUT2D eigenvalue weighted by molar-refractivity contribution is 5.81. The molecule has 23 heavy (non-hydrogen) atoms. The first kappa shape index (κ1) is 18.0. The van der Waals surface area contributed by atoms with Crippen molar-refractivity contribution in [1.82, 2.24) is 14.7 Å². The van der Waals surface area contributed by atoms with Gasteiger partial charge in [0.1, 0.15) is 0 Å². The van der Waals surface area contributed by atoms with Crippen LogP contribution in [0.5, 0.6) is 0 Å². The molecule has 1 heterocycles. The van der Waals surface area contributed by atoms with Gasteiger partial charge in [0.05, 0.1) is 12.6 Å². The molecule has 1 unspecified atom stereocenters. The van der Waals surface area contributed by atoms with E-state index in [9.17, 15) is 9.59 Å². The Morgan fingerprint density at radius 3 is 2.30 bits per heavy atom. The Morgan fingerprint density at radius 2 is 1.74 bits per heavy atom. The predicted molar refractivity (Wildman–Crippen MR) is 89.3 cm³/mol. The zero-order valence-corrected chi connectivity index (χ0v) is 14.8. The Balaban J connectivity index is 1.82. The third-order valence-corrected chi connectivity index (χ3v) is 5.22. The molecule has 0 spiro atoms. The van der Waals surface area contributed by atoms with Gasteiger partial charge in [0.15, 0.2) is 0 Å². The molecule has 6 nitrogen and oxygen atoms in total. The van der Waals surface area contributed by atoms with Gasteiger partial charge in [0.25, 0.3) is 0 Å². The van der Waals surface area contributed by atoms with Gasteiger partial charge in [0, 0.05) is 39.3 Å². The van der Waals surface area contributed by atoms with E-state index in [0.717, 1.165) is 25.9 Å². The van der Waals surface area contributed by atoms with Crippen LogP contribution in [0.3, 0.4) is 0 Å². The lowest BCUT2D eigenvalue weighted by atomic mass is 9.94. The molecular weight excluding hydrogens is 294 g/mol. The van der Waals surface area contributed by atoms with Crippen LogP contribution < -0.4 is 0 Å². The minimum Gasteiger partial charge on any atom is -0.450 e. The quantitative estimate of drug-likeness (QED) is 0.793. The average molecular weight is 325 g/mol.